The molecule has 0 radical (unpaired) electrons. The zero-order chi connectivity index (χ0) is 22.7. The Morgan fingerprint density at radius 2 is 2.06 bits per heavy atom. The van der Waals surface area contributed by atoms with Gasteiger partial charge in [0.15, 0.2) is 15.6 Å². The Morgan fingerprint density at radius 3 is 2.81 bits per heavy atom. The van der Waals surface area contributed by atoms with Gasteiger partial charge in [0.1, 0.15) is 0 Å². The highest BCUT2D eigenvalue weighted by Gasteiger charge is 2.27. The Bertz CT molecular complexity index is 1260. The number of carbonyl (C=O) groups is 2. The number of benzene rings is 2. The minimum Gasteiger partial charge on any atom is -0.356 e. The topological polar surface area (TPSA) is 118 Å². The molecule has 0 aliphatic carbocycles. The second-order valence-electron chi connectivity index (χ2n) is 7.24. The molecule has 0 spiro atoms. The lowest BCUT2D eigenvalue weighted by Gasteiger charge is -2.23. The third-order valence-corrected chi connectivity index (χ3v) is 8.12. The van der Waals surface area contributed by atoms with Gasteiger partial charge in [-0.15, -0.1) is 11.8 Å². The number of sulfone groups is 1. The van der Waals surface area contributed by atoms with E-state index in [1.54, 1.807) is 30.3 Å². The quantitative estimate of drug-likeness (QED) is 0.535. The van der Waals surface area contributed by atoms with Crippen LogP contribution in [-0.2, 0) is 19.4 Å². The molecule has 2 amide bonds. The van der Waals surface area contributed by atoms with Crippen molar-refractivity contribution in [3.8, 4) is 11.3 Å². The summed E-state index contributed by atoms with van der Waals surface area (Å²) in [7, 11) is -3.71. The number of nitrogens with zero attached hydrogens (tertiary/aromatic N) is 1. The van der Waals surface area contributed by atoms with E-state index in [1.807, 2.05) is 13.0 Å². The van der Waals surface area contributed by atoms with Crippen LogP contribution >= 0.6 is 11.8 Å². The van der Waals surface area contributed by atoms with Crippen molar-refractivity contribution in [1.82, 2.24) is 5.16 Å². The Morgan fingerprint density at radius 1 is 1.22 bits per heavy atom. The highest BCUT2D eigenvalue weighted by atomic mass is 32.2. The molecule has 1 aliphatic rings. The van der Waals surface area contributed by atoms with E-state index in [0.29, 0.717) is 23.6 Å². The number of hydrogen-bond donors (Lipinski definition) is 2. The highest BCUT2D eigenvalue weighted by Crippen LogP contribution is 2.38. The second-order valence-corrected chi connectivity index (χ2v) is 10.6. The number of hydrogen-bond acceptors (Lipinski definition) is 7. The zero-order valence-electron chi connectivity index (χ0n) is 17.2. The van der Waals surface area contributed by atoms with Gasteiger partial charge in [-0.05, 0) is 36.8 Å². The number of rotatable bonds is 7. The Balaban J connectivity index is 1.40. The molecule has 1 aromatic heterocycles. The van der Waals surface area contributed by atoms with Crippen LogP contribution < -0.4 is 10.6 Å². The summed E-state index contributed by atoms with van der Waals surface area (Å²) in [5.74, 6) is -0.341. The lowest BCUT2D eigenvalue weighted by Crippen LogP contribution is -2.28. The molecule has 10 heteroatoms. The van der Waals surface area contributed by atoms with Crippen molar-refractivity contribution >= 4 is 44.8 Å². The largest absolute Gasteiger partial charge is 0.356 e. The fourth-order valence-electron chi connectivity index (χ4n) is 3.28. The molecule has 166 valence electrons. The van der Waals surface area contributed by atoms with E-state index >= 15 is 0 Å². The van der Waals surface area contributed by atoms with Gasteiger partial charge in [0.25, 0.3) is 0 Å². The van der Waals surface area contributed by atoms with Crippen LogP contribution in [0, 0.1) is 0 Å². The van der Waals surface area contributed by atoms with E-state index in [4.69, 9.17) is 4.52 Å². The normalized spacial score (nSPS) is 15.7. The molecule has 2 aromatic carbocycles. The Hall–Kier alpha value is -3.11. The summed E-state index contributed by atoms with van der Waals surface area (Å²) in [5, 5.41) is 8.96. The molecule has 0 bridgehead atoms. The minimum absolute atomic E-state index is 0.0761. The predicted octanol–water partition coefficient (Wildman–Crippen LogP) is 3.97. The van der Waals surface area contributed by atoms with E-state index in [9.17, 15) is 18.0 Å². The number of anilines is 2. The Labute approximate surface area is 189 Å². The standard InChI is InChI=1S/C22H21N3O5S2/c1-2-19-22(27)25-17-13-16(6-7-20(17)31-19)32(28,29)11-9-21(26)24-15-5-3-4-14(12-15)18-8-10-23-30-18/h3-8,10,12-13,19H,2,9,11H2,1H3,(H,24,26)(H,25,27)/t19-/m0/s1. The van der Waals surface area contributed by atoms with Gasteiger partial charge in [0.2, 0.25) is 11.8 Å². The lowest BCUT2D eigenvalue weighted by atomic mass is 10.1. The average molecular weight is 472 g/mol. The fraction of sp³-hybridized carbons (Fsp3) is 0.227. The first-order valence-electron chi connectivity index (χ1n) is 10.0. The van der Waals surface area contributed by atoms with Crippen molar-refractivity contribution in [2.45, 2.75) is 34.8 Å². The van der Waals surface area contributed by atoms with Crippen LogP contribution in [0.4, 0.5) is 11.4 Å². The van der Waals surface area contributed by atoms with Gasteiger partial charge >= 0.3 is 0 Å². The molecule has 1 atom stereocenters. The third-order valence-electron chi connectivity index (χ3n) is 4.97. The monoisotopic (exact) mass is 471 g/mol. The second kappa shape index (κ2) is 9.17. The van der Waals surface area contributed by atoms with E-state index in [1.165, 1.54) is 30.1 Å². The molecule has 1 aliphatic heterocycles. The molecule has 32 heavy (non-hydrogen) atoms. The summed E-state index contributed by atoms with van der Waals surface area (Å²) in [6.45, 7) is 1.93. The lowest BCUT2D eigenvalue weighted by molar-refractivity contribution is -0.116. The number of fused-ring (bicyclic) bond motifs is 1. The van der Waals surface area contributed by atoms with Gasteiger partial charge in [-0.25, -0.2) is 8.42 Å². The van der Waals surface area contributed by atoms with E-state index < -0.39 is 15.7 Å². The van der Waals surface area contributed by atoms with E-state index in [0.717, 1.165) is 10.5 Å². The maximum absolute atomic E-state index is 12.8. The predicted molar refractivity (Wildman–Crippen MR) is 122 cm³/mol. The smallest absolute Gasteiger partial charge is 0.237 e. The first-order valence-corrected chi connectivity index (χ1v) is 12.5. The maximum Gasteiger partial charge on any atom is 0.237 e. The number of amides is 2. The summed E-state index contributed by atoms with van der Waals surface area (Å²) in [6, 6.07) is 13.4. The first-order chi connectivity index (χ1) is 15.4. The molecule has 0 saturated heterocycles. The summed E-state index contributed by atoms with van der Waals surface area (Å²) >= 11 is 1.42. The summed E-state index contributed by atoms with van der Waals surface area (Å²) in [4.78, 5) is 25.4. The van der Waals surface area contributed by atoms with Crippen LogP contribution in [0.25, 0.3) is 11.3 Å². The first kappa shape index (κ1) is 22.1. The summed E-state index contributed by atoms with van der Waals surface area (Å²) in [6.07, 6.45) is 2.01. The third kappa shape index (κ3) is 4.86. The van der Waals surface area contributed by atoms with Crippen molar-refractivity contribution in [2.75, 3.05) is 16.4 Å². The maximum atomic E-state index is 12.8. The van der Waals surface area contributed by atoms with Gasteiger partial charge in [-0.2, -0.15) is 0 Å². The van der Waals surface area contributed by atoms with E-state index in [-0.39, 0.29) is 28.2 Å². The van der Waals surface area contributed by atoms with Crippen LogP contribution in [0.1, 0.15) is 19.8 Å². The molecular weight excluding hydrogens is 450 g/mol. The molecular formula is C22H21N3O5S2. The van der Waals surface area contributed by atoms with Crippen LogP contribution in [0.5, 0.6) is 0 Å². The minimum atomic E-state index is -3.71. The molecule has 4 rings (SSSR count). The number of aromatic nitrogens is 1. The van der Waals surface area contributed by atoms with Crippen molar-refractivity contribution in [3.05, 3.63) is 54.7 Å². The van der Waals surface area contributed by atoms with Crippen molar-refractivity contribution in [1.29, 1.82) is 0 Å². The van der Waals surface area contributed by atoms with Gasteiger partial charge in [-0.1, -0.05) is 24.2 Å². The van der Waals surface area contributed by atoms with Crippen LogP contribution in [-0.4, -0.2) is 36.4 Å². The number of carbonyl (C=O) groups excluding carboxylic acids is 2. The average Bonchev–Trinajstić information content (AvgIpc) is 3.32. The highest BCUT2D eigenvalue weighted by molar-refractivity contribution is 8.01. The molecule has 8 nitrogen and oxygen atoms in total. The van der Waals surface area contributed by atoms with Gasteiger partial charge < -0.3 is 15.2 Å². The fourth-order valence-corrected chi connectivity index (χ4v) is 5.56. The number of nitrogens with one attached hydrogen (secondary N) is 2. The molecule has 2 N–H and O–H groups in total. The van der Waals surface area contributed by atoms with Crippen LogP contribution in [0.3, 0.4) is 0 Å². The number of thioether (sulfide) groups is 1. The Kier molecular flexibility index (Phi) is 6.33. The zero-order valence-corrected chi connectivity index (χ0v) is 18.8. The van der Waals surface area contributed by atoms with Crippen LogP contribution in [0.15, 0.2) is 69.0 Å². The van der Waals surface area contributed by atoms with E-state index in [2.05, 4.69) is 15.8 Å². The molecule has 3 aromatic rings. The molecule has 0 unspecified atom stereocenters. The SMILES string of the molecule is CC[C@@H]1Sc2ccc(S(=O)(=O)CCC(=O)Nc3cccc(-c4ccno4)c3)cc2NC1=O. The van der Waals surface area contributed by atoms with Crippen molar-refractivity contribution < 1.29 is 22.5 Å². The molecule has 0 fully saturated rings. The molecule has 2 heterocycles. The van der Waals surface area contributed by atoms with Crippen LogP contribution in [0.2, 0.25) is 0 Å². The van der Waals surface area contributed by atoms with Crippen molar-refractivity contribution in [3.63, 3.8) is 0 Å². The van der Waals surface area contributed by atoms with Gasteiger partial charge in [-0.3, -0.25) is 9.59 Å². The molecule has 0 saturated carbocycles. The summed E-state index contributed by atoms with van der Waals surface area (Å²) < 4.78 is 30.6. The van der Waals surface area contributed by atoms with Crippen molar-refractivity contribution in [2.24, 2.45) is 0 Å². The summed E-state index contributed by atoms with van der Waals surface area (Å²) in [5.41, 5.74) is 1.76. The van der Waals surface area contributed by atoms with Gasteiger partial charge in [0, 0.05) is 28.6 Å². The van der Waals surface area contributed by atoms with Gasteiger partial charge in [0.05, 0.1) is 27.8 Å².